The zero-order valence-corrected chi connectivity index (χ0v) is 15.0. The van der Waals surface area contributed by atoms with Crippen molar-refractivity contribution >= 4 is 5.91 Å². The summed E-state index contributed by atoms with van der Waals surface area (Å²) < 4.78 is 21.4. The Morgan fingerprint density at radius 3 is 2.21 bits per heavy atom. The van der Waals surface area contributed by atoms with E-state index in [0.29, 0.717) is 50.3 Å². The molecule has 0 spiro atoms. The molecule has 0 radical (unpaired) electrons. The van der Waals surface area contributed by atoms with E-state index in [9.17, 15) is 4.79 Å². The zero-order chi connectivity index (χ0) is 17.6. The van der Waals surface area contributed by atoms with E-state index in [2.05, 4.69) is 0 Å². The molecule has 0 saturated carbocycles. The second kappa shape index (κ2) is 8.35. The molecule has 1 aliphatic heterocycles. The molecule has 134 valence electrons. The molecule has 24 heavy (non-hydrogen) atoms. The van der Waals surface area contributed by atoms with Gasteiger partial charge in [0.2, 0.25) is 5.91 Å². The van der Waals surface area contributed by atoms with Gasteiger partial charge in [0.25, 0.3) is 0 Å². The molecule has 0 unspecified atom stereocenters. The van der Waals surface area contributed by atoms with Crippen LogP contribution in [0.5, 0.6) is 11.5 Å². The van der Waals surface area contributed by atoms with Crippen molar-refractivity contribution in [1.29, 1.82) is 0 Å². The number of hydrogen-bond donors (Lipinski definition) is 0. The molecule has 0 atom stereocenters. The Hall–Kier alpha value is -1.79. The number of likely N-dealkylation sites (tertiary alicyclic amines) is 1. The molecule has 1 aromatic rings. The second-order valence-electron chi connectivity index (χ2n) is 5.89. The van der Waals surface area contributed by atoms with Gasteiger partial charge >= 0.3 is 0 Å². The maximum absolute atomic E-state index is 12.4. The number of aryl methyl sites for hydroxylation is 1. The van der Waals surface area contributed by atoms with E-state index in [4.69, 9.17) is 18.9 Å². The third-order valence-corrected chi connectivity index (χ3v) is 4.70. The van der Waals surface area contributed by atoms with Crippen LogP contribution in [0.2, 0.25) is 0 Å². The van der Waals surface area contributed by atoms with Gasteiger partial charge in [-0.2, -0.15) is 0 Å². The third-order valence-electron chi connectivity index (χ3n) is 4.70. The highest BCUT2D eigenvalue weighted by Gasteiger charge is 2.35. The molecule has 6 heteroatoms. The second-order valence-corrected chi connectivity index (χ2v) is 5.89. The number of amides is 1. The van der Waals surface area contributed by atoms with E-state index >= 15 is 0 Å². The van der Waals surface area contributed by atoms with Crippen LogP contribution in [0.3, 0.4) is 0 Å². The summed E-state index contributed by atoms with van der Waals surface area (Å²) in [6.07, 6.45) is 2.54. The van der Waals surface area contributed by atoms with Crippen LogP contribution in [0.4, 0.5) is 0 Å². The van der Waals surface area contributed by atoms with Gasteiger partial charge in [0.05, 0.1) is 14.2 Å². The fourth-order valence-electron chi connectivity index (χ4n) is 3.03. The molecule has 0 aliphatic carbocycles. The normalized spacial score (nSPS) is 16.8. The van der Waals surface area contributed by atoms with Crippen LogP contribution < -0.4 is 9.47 Å². The van der Waals surface area contributed by atoms with E-state index < -0.39 is 5.79 Å². The number of methoxy groups -OCH3 is 4. The van der Waals surface area contributed by atoms with Gasteiger partial charge in [-0.1, -0.05) is 6.07 Å². The number of piperidine rings is 1. The highest BCUT2D eigenvalue weighted by molar-refractivity contribution is 5.76. The van der Waals surface area contributed by atoms with Crippen LogP contribution in [0.15, 0.2) is 18.2 Å². The van der Waals surface area contributed by atoms with Crippen LogP contribution >= 0.6 is 0 Å². The predicted molar refractivity (Wildman–Crippen MR) is 90.4 cm³/mol. The Morgan fingerprint density at radius 2 is 1.67 bits per heavy atom. The predicted octanol–water partition coefficient (Wildman–Crippen LogP) is 2.25. The van der Waals surface area contributed by atoms with Crippen molar-refractivity contribution in [3.8, 4) is 11.5 Å². The van der Waals surface area contributed by atoms with Crippen LogP contribution in [-0.4, -0.2) is 58.1 Å². The van der Waals surface area contributed by atoms with Gasteiger partial charge in [-0.25, -0.2) is 0 Å². The first-order valence-corrected chi connectivity index (χ1v) is 8.16. The molecular weight excluding hydrogens is 310 g/mol. The lowest BCUT2D eigenvalue weighted by Crippen LogP contribution is -2.48. The lowest BCUT2D eigenvalue weighted by Gasteiger charge is -2.39. The molecule has 6 nitrogen and oxygen atoms in total. The van der Waals surface area contributed by atoms with E-state index in [1.165, 1.54) is 0 Å². The standard InChI is InChI=1S/C18H27NO5/c1-21-15-7-5-14(13-16(15)22-2)6-8-17(20)19-11-9-18(23-3,24-4)10-12-19/h5,7,13H,6,8-12H2,1-4H3. The van der Waals surface area contributed by atoms with Crippen molar-refractivity contribution in [2.24, 2.45) is 0 Å². The summed E-state index contributed by atoms with van der Waals surface area (Å²) in [7, 11) is 6.52. The molecule has 0 aromatic heterocycles. The highest BCUT2D eigenvalue weighted by atomic mass is 16.7. The number of benzene rings is 1. The van der Waals surface area contributed by atoms with Crippen LogP contribution in [0.1, 0.15) is 24.8 Å². The lowest BCUT2D eigenvalue weighted by molar-refractivity contribution is -0.228. The van der Waals surface area contributed by atoms with Gasteiger partial charge in [-0.05, 0) is 24.1 Å². The fraction of sp³-hybridized carbons (Fsp3) is 0.611. The largest absolute Gasteiger partial charge is 0.493 e. The average molecular weight is 337 g/mol. The van der Waals surface area contributed by atoms with Crippen LogP contribution in [0, 0.1) is 0 Å². The Bertz CT molecular complexity index is 546. The number of hydrogen-bond acceptors (Lipinski definition) is 5. The van der Waals surface area contributed by atoms with Crippen LogP contribution in [0.25, 0.3) is 0 Å². The van der Waals surface area contributed by atoms with Crippen molar-refractivity contribution in [3.05, 3.63) is 23.8 Å². The average Bonchev–Trinajstić information content (AvgIpc) is 2.65. The van der Waals surface area contributed by atoms with Gasteiger partial charge in [-0.3, -0.25) is 4.79 Å². The summed E-state index contributed by atoms with van der Waals surface area (Å²) in [5, 5.41) is 0. The molecule has 1 aromatic carbocycles. The molecule has 2 rings (SSSR count). The Labute approximate surface area is 143 Å². The van der Waals surface area contributed by atoms with E-state index in [-0.39, 0.29) is 5.91 Å². The number of rotatable bonds is 7. The zero-order valence-electron chi connectivity index (χ0n) is 15.0. The van der Waals surface area contributed by atoms with Crippen molar-refractivity contribution < 1.29 is 23.7 Å². The smallest absolute Gasteiger partial charge is 0.222 e. The summed E-state index contributed by atoms with van der Waals surface area (Å²) in [5.41, 5.74) is 1.06. The van der Waals surface area contributed by atoms with E-state index in [1.807, 2.05) is 23.1 Å². The molecule has 1 fully saturated rings. The van der Waals surface area contributed by atoms with Gasteiger partial charge in [0, 0.05) is 46.6 Å². The number of carbonyl (C=O) groups excluding carboxylic acids is 1. The number of ether oxygens (including phenoxy) is 4. The number of nitrogens with zero attached hydrogens (tertiary/aromatic N) is 1. The minimum atomic E-state index is -0.542. The van der Waals surface area contributed by atoms with Gasteiger partial charge < -0.3 is 23.8 Å². The maximum atomic E-state index is 12.4. The van der Waals surface area contributed by atoms with Gasteiger partial charge in [0.1, 0.15) is 0 Å². The summed E-state index contributed by atoms with van der Waals surface area (Å²) in [6, 6.07) is 5.75. The van der Waals surface area contributed by atoms with Gasteiger partial charge in [0.15, 0.2) is 17.3 Å². The summed E-state index contributed by atoms with van der Waals surface area (Å²) >= 11 is 0. The van der Waals surface area contributed by atoms with E-state index in [1.54, 1.807) is 28.4 Å². The fourth-order valence-corrected chi connectivity index (χ4v) is 3.03. The van der Waals surface area contributed by atoms with Crippen molar-refractivity contribution in [2.45, 2.75) is 31.5 Å². The third kappa shape index (κ3) is 4.19. The van der Waals surface area contributed by atoms with Gasteiger partial charge in [-0.15, -0.1) is 0 Å². The minimum absolute atomic E-state index is 0.158. The summed E-state index contributed by atoms with van der Waals surface area (Å²) in [6.45, 7) is 1.32. The Kier molecular flexibility index (Phi) is 6.45. The first-order valence-electron chi connectivity index (χ1n) is 8.16. The molecular formula is C18H27NO5. The minimum Gasteiger partial charge on any atom is -0.493 e. The maximum Gasteiger partial charge on any atom is 0.222 e. The first kappa shape index (κ1) is 18.5. The van der Waals surface area contributed by atoms with Crippen molar-refractivity contribution in [3.63, 3.8) is 0 Å². The highest BCUT2D eigenvalue weighted by Crippen LogP contribution is 2.29. The molecule has 1 aliphatic rings. The van der Waals surface area contributed by atoms with Crippen LogP contribution in [-0.2, 0) is 20.7 Å². The number of carbonyl (C=O) groups is 1. The molecule has 0 bridgehead atoms. The lowest BCUT2D eigenvalue weighted by atomic mass is 10.0. The molecule has 1 amide bonds. The topological polar surface area (TPSA) is 57.2 Å². The Balaban J connectivity index is 1.88. The molecule has 1 saturated heterocycles. The summed E-state index contributed by atoms with van der Waals surface area (Å²) in [4.78, 5) is 14.3. The van der Waals surface area contributed by atoms with Crippen molar-refractivity contribution in [1.82, 2.24) is 4.90 Å². The molecule has 1 heterocycles. The summed E-state index contributed by atoms with van der Waals surface area (Å²) in [5.74, 6) is 0.996. The molecule has 0 N–H and O–H groups in total. The SMILES string of the molecule is COc1ccc(CCC(=O)N2CCC(OC)(OC)CC2)cc1OC. The van der Waals surface area contributed by atoms with E-state index in [0.717, 1.165) is 5.56 Å². The first-order chi connectivity index (χ1) is 11.6. The monoisotopic (exact) mass is 337 g/mol. The quantitative estimate of drug-likeness (QED) is 0.714. The Morgan fingerprint density at radius 1 is 1.04 bits per heavy atom. The van der Waals surface area contributed by atoms with Crippen molar-refractivity contribution in [2.75, 3.05) is 41.5 Å².